The molecule has 0 aliphatic heterocycles. The average Bonchev–Trinajstić information content (AvgIpc) is 2.65. The summed E-state index contributed by atoms with van der Waals surface area (Å²) in [5.74, 6) is 0. The maximum atomic E-state index is 2.42. The molecule has 0 heterocycles. The fourth-order valence-electron chi connectivity index (χ4n) is 6.19. The van der Waals surface area contributed by atoms with Gasteiger partial charge in [-0.2, -0.15) is 21.9 Å². The van der Waals surface area contributed by atoms with E-state index in [0.29, 0.717) is 0 Å². The Bertz CT molecular complexity index is 1060. The Hall–Kier alpha value is -2.46. The number of benzene rings is 4. The van der Waals surface area contributed by atoms with Crippen molar-refractivity contribution < 1.29 is 18.9 Å². The van der Waals surface area contributed by atoms with Gasteiger partial charge in [0.15, 0.2) is 0 Å². The normalized spacial score (nSPS) is 11.3. The van der Waals surface area contributed by atoms with E-state index in [1.54, 1.807) is 0 Å². The van der Waals surface area contributed by atoms with Crippen molar-refractivity contribution in [2.75, 3.05) is 0 Å². The second-order valence-corrected chi connectivity index (χ2v) is 10.6. The number of aryl methyl sites for hydroxylation is 8. The van der Waals surface area contributed by atoms with Gasteiger partial charge in [0, 0.05) is 0 Å². The molecule has 2 heteroatoms. The maximum absolute atomic E-state index is 2.42. The molecule has 0 saturated carbocycles. The van der Waals surface area contributed by atoms with Crippen molar-refractivity contribution in [3.8, 4) is 0 Å². The van der Waals surface area contributed by atoms with Crippen molar-refractivity contribution in [3.63, 3.8) is 0 Å². The van der Waals surface area contributed by atoms with Crippen molar-refractivity contribution in [1.29, 1.82) is 0 Å². The van der Waals surface area contributed by atoms with Crippen LogP contribution in [0.5, 0.6) is 0 Å². The van der Waals surface area contributed by atoms with Gasteiger partial charge in [0.25, 0.3) is 0 Å². The summed E-state index contributed by atoms with van der Waals surface area (Å²) in [5, 5.41) is 0. The molecule has 0 nitrogen and oxygen atoms in total. The zero-order valence-corrected chi connectivity index (χ0v) is 22.5. The summed E-state index contributed by atoms with van der Waals surface area (Å²) in [7, 11) is 0. The van der Waals surface area contributed by atoms with Crippen molar-refractivity contribution in [1.82, 2.24) is 0 Å². The summed E-state index contributed by atoms with van der Waals surface area (Å²) < 4.78 is 0. The van der Waals surface area contributed by atoms with Gasteiger partial charge in [0.1, 0.15) is 6.15 Å². The van der Waals surface area contributed by atoms with Crippen LogP contribution in [0.15, 0.2) is 72.8 Å². The molecule has 0 N–H and O–H groups in total. The SMILES string of the molecule is Cc1cc(C)cc([B-](c2cc(C)cc(C)c2)(c2cc(C)cc(C)c2)c2cc(C)cc(C)c2)c1.[Li+]. The minimum absolute atomic E-state index is 0. The van der Waals surface area contributed by atoms with E-state index in [2.05, 4.69) is 128 Å². The van der Waals surface area contributed by atoms with Crippen LogP contribution in [0.3, 0.4) is 0 Å². The third-order valence-electron chi connectivity index (χ3n) is 6.98. The van der Waals surface area contributed by atoms with E-state index in [9.17, 15) is 0 Å². The van der Waals surface area contributed by atoms with Gasteiger partial charge in [-0.05, 0) is 55.4 Å². The van der Waals surface area contributed by atoms with E-state index in [1.165, 1.54) is 66.4 Å². The molecule has 4 rings (SSSR count). The Labute approximate surface area is 218 Å². The molecule has 0 saturated heterocycles. The molecule has 0 aliphatic rings. The predicted molar refractivity (Wildman–Crippen MR) is 148 cm³/mol. The quantitative estimate of drug-likeness (QED) is 0.430. The molecule has 0 bridgehead atoms. The van der Waals surface area contributed by atoms with Gasteiger partial charge >= 0.3 is 18.9 Å². The molecule has 168 valence electrons. The van der Waals surface area contributed by atoms with Gasteiger partial charge in [0.05, 0.1) is 0 Å². The summed E-state index contributed by atoms with van der Waals surface area (Å²) in [6, 6.07) is 28.5. The molecule has 0 atom stereocenters. The van der Waals surface area contributed by atoms with Crippen LogP contribution in [-0.4, -0.2) is 6.15 Å². The zero-order chi connectivity index (χ0) is 23.9. The van der Waals surface area contributed by atoms with Crippen LogP contribution in [0.4, 0.5) is 0 Å². The van der Waals surface area contributed by atoms with E-state index < -0.39 is 6.15 Å². The minimum Gasteiger partial charge on any atom is -0.195 e. The minimum atomic E-state index is -1.37. The molecule has 0 spiro atoms. The molecule has 0 unspecified atom stereocenters. The third kappa shape index (κ3) is 4.98. The summed E-state index contributed by atoms with van der Waals surface area (Å²) in [6.07, 6.45) is -1.37. The second kappa shape index (κ2) is 10.0. The molecule has 0 aromatic heterocycles. The van der Waals surface area contributed by atoms with Gasteiger partial charge in [0.2, 0.25) is 0 Å². The topological polar surface area (TPSA) is 0 Å². The number of hydrogen-bond acceptors (Lipinski definition) is 0. The van der Waals surface area contributed by atoms with Crippen LogP contribution < -0.4 is 40.7 Å². The maximum Gasteiger partial charge on any atom is 1.00 e. The first-order valence-electron chi connectivity index (χ1n) is 12.1. The van der Waals surface area contributed by atoms with E-state index in [4.69, 9.17) is 0 Å². The van der Waals surface area contributed by atoms with Gasteiger partial charge in [-0.15, -0.1) is 0 Å². The van der Waals surface area contributed by atoms with Crippen LogP contribution in [0.25, 0.3) is 0 Å². The number of rotatable bonds is 4. The first-order chi connectivity index (χ1) is 15.6. The van der Waals surface area contributed by atoms with Crippen molar-refractivity contribution in [2.24, 2.45) is 0 Å². The summed E-state index contributed by atoms with van der Waals surface area (Å²) in [6.45, 7) is 17.8. The van der Waals surface area contributed by atoms with E-state index in [1.807, 2.05) is 0 Å². The Balaban J connectivity index is 0.00000324. The smallest absolute Gasteiger partial charge is 0.195 e. The predicted octanol–water partition coefficient (Wildman–Crippen LogP) is 2.54. The van der Waals surface area contributed by atoms with E-state index >= 15 is 0 Å². The first-order valence-corrected chi connectivity index (χ1v) is 12.1. The summed E-state index contributed by atoms with van der Waals surface area (Å²) in [4.78, 5) is 0. The molecular weight excluding hydrogens is 402 g/mol. The van der Waals surface area contributed by atoms with Crippen LogP contribution in [0.2, 0.25) is 0 Å². The molecule has 4 aromatic carbocycles. The van der Waals surface area contributed by atoms with Crippen LogP contribution in [0, 0.1) is 55.4 Å². The van der Waals surface area contributed by atoms with Crippen LogP contribution in [-0.2, 0) is 0 Å². The van der Waals surface area contributed by atoms with Crippen molar-refractivity contribution in [2.45, 2.75) is 55.4 Å². The molecule has 34 heavy (non-hydrogen) atoms. The van der Waals surface area contributed by atoms with Gasteiger partial charge in [-0.1, -0.05) is 117 Å². The van der Waals surface area contributed by atoms with Gasteiger partial charge in [-0.3, -0.25) is 0 Å². The van der Waals surface area contributed by atoms with Crippen molar-refractivity contribution >= 4 is 28.0 Å². The third-order valence-corrected chi connectivity index (χ3v) is 6.98. The standard InChI is InChI=1S/C32H36B.Li/c1-21-9-22(2)14-29(13-21)33(30-15-23(3)10-24(4)16-30,31-17-25(5)11-26(6)18-31)32-19-27(7)12-28(8)20-32;/h9-20H,1-8H3;/q-1;+1. The fourth-order valence-corrected chi connectivity index (χ4v) is 6.19. The molecule has 4 aromatic rings. The molecule has 0 aliphatic carbocycles. The largest absolute Gasteiger partial charge is 1.00 e. The molecule has 0 amide bonds. The second-order valence-electron chi connectivity index (χ2n) is 10.6. The molecule has 0 fully saturated rings. The van der Waals surface area contributed by atoms with E-state index in [0.717, 1.165) is 0 Å². The van der Waals surface area contributed by atoms with Crippen LogP contribution in [0.1, 0.15) is 44.5 Å². The monoisotopic (exact) mass is 438 g/mol. The van der Waals surface area contributed by atoms with Crippen molar-refractivity contribution in [3.05, 3.63) is 117 Å². The summed E-state index contributed by atoms with van der Waals surface area (Å²) >= 11 is 0. The Morgan fingerprint density at radius 3 is 0.588 bits per heavy atom. The van der Waals surface area contributed by atoms with E-state index in [-0.39, 0.29) is 18.9 Å². The summed E-state index contributed by atoms with van der Waals surface area (Å²) in [5.41, 5.74) is 16.1. The molecular formula is C32H36BLi. The Morgan fingerprint density at radius 1 is 0.294 bits per heavy atom. The first kappa shape index (κ1) is 26.2. The Kier molecular flexibility index (Phi) is 7.72. The zero-order valence-electron chi connectivity index (χ0n) is 22.5. The van der Waals surface area contributed by atoms with Crippen LogP contribution >= 0.6 is 0 Å². The fraction of sp³-hybridized carbons (Fsp3) is 0.250. The van der Waals surface area contributed by atoms with Gasteiger partial charge < -0.3 is 0 Å². The molecule has 0 radical (unpaired) electrons. The number of hydrogen-bond donors (Lipinski definition) is 0. The van der Waals surface area contributed by atoms with Gasteiger partial charge in [-0.25, -0.2) is 0 Å². The Morgan fingerprint density at radius 2 is 0.441 bits per heavy atom. The average molecular weight is 438 g/mol.